The van der Waals surface area contributed by atoms with E-state index in [1.807, 2.05) is 65.8 Å². The summed E-state index contributed by atoms with van der Waals surface area (Å²) in [6.45, 7) is 11.7. The molecule has 0 radical (unpaired) electrons. The van der Waals surface area contributed by atoms with Crippen LogP contribution in [0.1, 0.15) is 54.1 Å². The molecule has 0 fully saturated rings. The maximum atomic E-state index is 13.1. The summed E-state index contributed by atoms with van der Waals surface area (Å²) in [5.74, 6) is -0.304. The number of carbonyl (C=O) groups is 1. The highest BCUT2D eigenvalue weighted by Crippen LogP contribution is 2.26. The number of sulfonamides is 1. The second kappa shape index (κ2) is 8.99. The van der Waals surface area contributed by atoms with Crippen molar-refractivity contribution in [2.24, 2.45) is 0 Å². The molecule has 6 heteroatoms. The van der Waals surface area contributed by atoms with Gasteiger partial charge >= 0.3 is 0 Å². The second-order valence-corrected chi connectivity index (χ2v) is 9.68. The fourth-order valence-corrected chi connectivity index (χ4v) is 4.55. The predicted molar refractivity (Wildman–Crippen MR) is 120 cm³/mol. The van der Waals surface area contributed by atoms with Crippen molar-refractivity contribution in [2.75, 3.05) is 10.6 Å². The first kappa shape index (κ1) is 22.9. The summed E-state index contributed by atoms with van der Waals surface area (Å²) >= 11 is 0. The zero-order chi connectivity index (χ0) is 21.9. The minimum absolute atomic E-state index is 0.225. The van der Waals surface area contributed by atoms with E-state index in [1.54, 1.807) is 6.07 Å². The Morgan fingerprint density at radius 1 is 0.966 bits per heavy atom. The molecule has 2 rings (SSSR count). The van der Waals surface area contributed by atoms with Gasteiger partial charge in [-0.3, -0.25) is 9.10 Å². The van der Waals surface area contributed by atoms with Gasteiger partial charge in [-0.2, -0.15) is 0 Å². The molecule has 5 nitrogen and oxygen atoms in total. The fraction of sp³-hybridized carbons (Fsp3) is 0.435. The summed E-state index contributed by atoms with van der Waals surface area (Å²) in [5.41, 5.74) is 5.91. The van der Waals surface area contributed by atoms with Crippen LogP contribution in [0, 0.1) is 27.7 Å². The smallest absolute Gasteiger partial charge is 0.244 e. The Kier molecular flexibility index (Phi) is 7.11. The van der Waals surface area contributed by atoms with Gasteiger partial charge < -0.3 is 5.32 Å². The van der Waals surface area contributed by atoms with Crippen LogP contribution in [0.5, 0.6) is 0 Å². The molecule has 158 valence electrons. The Hall–Kier alpha value is -2.34. The molecule has 0 aliphatic rings. The Balaban J connectivity index is 2.34. The van der Waals surface area contributed by atoms with E-state index in [4.69, 9.17) is 0 Å². The van der Waals surface area contributed by atoms with Crippen molar-refractivity contribution in [1.29, 1.82) is 0 Å². The topological polar surface area (TPSA) is 66.5 Å². The number of nitrogens with one attached hydrogen (secondary N) is 1. The zero-order valence-electron chi connectivity index (χ0n) is 18.4. The number of anilines is 1. The Bertz CT molecular complexity index is 999. The molecule has 0 spiro atoms. The van der Waals surface area contributed by atoms with Gasteiger partial charge in [-0.1, -0.05) is 31.2 Å². The van der Waals surface area contributed by atoms with Crippen molar-refractivity contribution in [3.63, 3.8) is 0 Å². The highest BCUT2D eigenvalue weighted by atomic mass is 32.2. The number of hydrogen-bond donors (Lipinski definition) is 1. The number of amides is 1. The van der Waals surface area contributed by atoms with Gasteiger partial charge in [0, 0.05) is 0 Å². The minimum atomic E-state index is -3.64. The van der Waals surface area contributed by atoms with E-state index in [0.29, 0.717) is 12.1 Å². The molecule has 2 atom stereocenters. The quantitative estimate of drug-likeness (QED) is 0.730. The highest BCUT2D eigenvalue weighted by molar-refractivity contribution is 7.92. The first-order chi connectivity index (χ1) is 13.5. The van der Waals surface area contributed by atoms with Crippen LogP contribution in [0.15, 0.2) is 36.4 Å². The number of benzene rings is 2. The van der Waals surface area contributed by atoms with E-state index in [2.05, 4.69) is 11.4 Å². The zero-order valence-corrected chi connectivity index (χ0v) is 19.2. The largest absolute Gasteiger partial charge is 0.348 e. The SMILES string of the molecule is CC[C@@H](C(=O)N[C@H](C)c1ccc(C)c(C)c1)N(c1ccc(C)c(C)c1)S(C)(=O)=O. The van der Waals surface area contributed by atoms with Gasteiger partial charge in [0.2, 0.25) is 15.9 Å². The monoisotopic (exact) mass is 416 g/mol. The lowest BCUT2D eigenvalue weighted by Crippen LogP contribution is -2.49. The summed E-state index contributed by atoms with van der Waals surface area (Å²) in [4.78, 5) is 13.1. The molecule has 1 N–H and O–H groups in total. The van der Waals surface area contributed by atoms with E-state index in [9.17, 15) is 13.2 Å². The highest BCUT2D eigenvalue weighted by Gasteiger charge is 2.32. The number of aryl methyl sites for hydroxylation is 4. The van der Waals surface area contributed by atoms with Gasteiger partial charge in [-0.05, 0) is 81.0 Å². The number of rotatable bonds is 7. The lowest BCUT2D eigenvalue weighted by atomic mass is 10.0. The maximum absolute atomic E-state index is 13.1. The van der Waals surface area contributed by atoms with Crippen LogP contribution in [0.25, 0.3) is 0 Å². The van der Waals surface area contributed by atoms with Crippen LogP contribution >= 0.6 is 0 Å². The molecule has 0 aromatic heterocycles. The summed E-state index contributed by atoms with van der Waals surface area (Å²) in [5, 5.41) is 3.00. The van der Waals surface area contributed by atoms with Gasteiger partial charge in [-0.25, -0.2) is 8.42 Å². The van der Waals surface area contributed by atoms with Crippen LogP contribution in [0.2, 0.25) is 0 Å². The van der Waals surface area contributed by atoms with E-state index in [1.165, 1.54) is 9.87 Å². The number of carbonyl (C=O) groups excluding carboxylic acids is 1. The Morgan fingerprint density at radius 3 is 2.00 bits per heavy atom. The fourth-order valence-electron chi connectivity index (χ4n) is 3.35. The summed E-state index contributed by atoms with van der Waals surface area (Å²) in [6.07, 6.45) is 1.51. The van der Waals surface area contributed by atoms with E-state index >= 15 is 0 Å². The molecule has 29 heavy (non-hydrogen) atoms. The van der Waals surface area contributed by atoms with Gasteiger partial charge in [0.1, 0.15) is 6.04 Å². The maximum Gasteiger partial charge on any atom is 0.244 e. The molecular formula is C23H32N2O3S. The van der Waals surface area contributed by atoms with Crippen LogP contribution in [0.4, 0.5) is 5.69 Å². The molecule has 0 aliphatic heterocycles. The van der Waals surface area contributed by atoms with Crippen molar-refractivity contribution in [3.8, 4) is 0 Å². The summed E-state index contributed by atoms with van der Waals surface area (Å²) < 4.78 is 26.5. The van der Waals surface area contributed by atoms with Crippen molar-refractivity contribution >= 4 is 21.6 Å². The third-order valence-electron chi connectivity index (χ3n) is 5.46. The molecule has 2 aromatic rings. The van der Waals surface area contributed by atoms with Gasteiger partial charge in [0.25, 0.3) is 0 Å². The lowest BCUT2D eigenvalue weighted by Gasteiger charge is -2.31. The minimum Gasteiger partial charge on any atom is -0.348 e. The molecule has 0 bridgehead atoms. The Morgan fingerprint density at radius 2 is 1.52 bits per heavy atom. The van der Waals surface area contributed by atoms with Gasteiger partial charge in [0.15, 0.2) is 0 Å². The van der Waals surface area contributed by atoms with Crippen molar-refractivity contribution in [1.82, 2.24) is 5.32 Å². The number of hydrogen-bond acceptors (Lipinski definition) is 3. The van der Waals surface area contributed by atoms with Crippen LogP contribution in [-0.2, 0) is 14.8 Å². The average Bonchev–Trinajstić information content (AvgIpc) is 2.63. The van der Waals surface area contributed by atoms with Gasteiger partial charge in [-0.15, -0.1) is 0 Å². The first-order valence-corrected chi connectivity index (χ1v) is 11.7. The molecule has 0 unspecified atom stereocenters. The van der Waals surface area contributed by atoms with Crippen LogP contribution in [-0.4, -0.2) is 26.6 Å². The molecule has 0 saturated heterocycles. The summed E-state index contributed by atoms with van der Waals surface area (Å²) in [6, 6.07) is 10.5. The third kappa shape index (κ3) is 5.38. The molecule has 2 aromatic carbocycles. The van der Waals surface area contributed by atoms with Crippen molar-refractivity contribution < 1.29 is 13.2 Å². The van der Waals surface area contributed by atoms with Crippen molar-refractivity contribution in [2.45, 2.75) is 60.0 Å². The molecule has 1 amide bonds. The van der Waals surface area contributed by atoms with E-state index in [-0.39, 0.29) is 11.9 Å². The molecular weight excluding hydrogens is 384 g/mol. The summed E-state index contributed by atoms with van der Waals surface area (Å²) in [7, 11) is -3.64. The second-order valence-electron chi connectivity index (χ2n) is 7.83. The standard InChI is InChI=1S/C23H32N2O3S/c1-8-22(23(26)24-19(6)20-11-9-15(2)17(4)13-20)25(29(7,27)28)21-12-10-16(3)18(5)14-21/h9-14,19,22H,8H2,1-7H3,(H,24,26)/t19-,22+/m1/s1. The molecule has 0 aliphatic carbocycles. The van der Waals surface area contributed by atoms with Crippen molar-refractivity contribution in [3.05, 3.63) is 64.2 Å². The van der Waals surface area contributed by atoms with Crippen LogP contribution < -0.4 is 9.62 Å². The molecule has 0 heterocycles. The predicted octanol–water partition coefficient (Wildman–Crippen LogP) is 4.34. The van der Waals surface area contributed by atoms with E-state index < -0.39 is 16.1 Å². The van der Waals surface area contributed by atoms with Gasteiger partial charge in [0.05, 0.1) is 18.0 Å². The number of nitrogens with zero attached hydrogens (tertiary/aromatic N) is 1. The third-order valence-corrected chi connectivity index (χ3v) is 6.64. The Labute approximate surface area is 175 Å². The van der Waals surface area contributed by atoms with Crippen LogP contribution in [0.3, 0.4) is 0 Å². The first-order valence-electron chi connectivity index (χ1n) is 9.89. The van der Waals surface area contributed by atoms with E-state index in [0.717, 1.165) is 28.5 Å². The lowest BCUT2D eigenvalue weighted by molar-refractivity contribution is -0.122. The normalized spacial score (nSPS) is 13.6. The molecule has 0 saturated carbocycles. The average molecular weight is 417 g/mol.